The molecule has 0 saturated carbocycles. The molecule has 76 valence electrons. The molecule has 5 heteroatoms. The molecule has 0 aromatic carbocycles. The normalized spacial score (nSPS) is 15.3. The fraction of sp³-hybridized carbons (Fsp3) is 0.300. The maximum absolute atomic E-state index is 12.0. The first-order valence-electron chi connectivity index (χ1n) is 4.93. The van der Waals surface area contributed by atoms with E-state index in [2.05, 4.69) is 15.0 Å². The highest BCUT2D eigenvalue weighted by atomic mass is 16.2. The molecule has 1 aliphatic rings. The summed E-state index contributed by atoms with van der Waals surface area (Å²) in [5, 5.41) is 0.800. The Morgan fingerprint density at radius 2 is 2.27 bits per heavy atom. The van der Waals surface area contributed by atoms with Crippen LogP contribution >= 0.6 is 0 Å². The van der Waals surface area contributed by atoms with Gasteiger partial charge in [-0.25, -0.2) is 9.97 Å². The lowest BCUT2D eigenvalue weighted by Crippen LogP contribution is -2.42. The summed E-state index contributed by atoms with van der Waals surface area (Å²) in [6, 6.07) is 1.84. The zero-order chi connectivity index (χ0) is 10.3. The number of hydrogen-bond donors (Lipinski definition) is 1. The number of aromatic amines is 1. The van der Waals surface area contributed by atoms with Gasteiger partial charge in [-0.2, -0.15) is 0 Å². The number of H-pyrrole nitrogens is 1. The minimum Gasteiger partial charge on any atom is -0.346 e. The topological polar surface area (TPSA) is 61.9 Å². The third-order valence-corrected chi connectivity index (χ3v) is 2.70. The summed E-state index contributed by atoms with van der Waals surface area (Å²) in [5.74, 6) is 0.00764. The monoisotopic (exact) mass is 202 g/mol. The fourth-order valence-corrected chi connectivity index (χ4v) is 1.71. The van der Waals surface area contributed by atoms with Crippen molar-refractivity contribution in [2.75, 3.05) is 13.1 Å². The SMILES string of the molecule is O=C(c1ncnc2[nH]ccc12)N1CCC1. The molecular formula is C10H10N4O. The van der Waals surface area contributed by atoms with Crippen LogP contribution in [0.15, 0.2) is 18.6 Å². The molecule has 1 saturated heterocycles. The summed E-state index contributed by atoms with van der Waals surface area (Å²) in [7, 11) is 0. The Morgan fingerprint density at radius 1 is 1.40 bits per heavy atom. The van der Waals surface area contributed by atoms with Gasteiger partial charge in [0.05, 0.1) is 5.39 Å². The second-order valence-corrected chi connectivity index (χ2v) is 3.61. The number of nitrogens with zero attached hydrogens (tertiary/aromatic N) is 3. The molecule has 1 N–H and O–H groups in total. The third kappa shape index (κ3) is 1.20. The molecule has 2 aromatic rings. The van der Waals surface area contributed by atoms with Crippen LogP contribution in [0.3, 0.4) is 0 Å². The Labute approximate surface area is 86.1 Å². The Hall–Kier alpha value is -1.91. The van der Waals surface area contributed by atoms with Gasteiger partial charge in [-0.1, -0.05) is 0 Å². The van der Waals surface area contributed by atoms with E-state index in [-0.39, 0.29) is 5.91 Å². The van der Waals surface area contributed by atoms with E-state index in [0.29, 0.717) is 11.3 Å². The molecule has 0 unspecified atom stereocenters. The lowest BCUT2D eigenvalue weighted by atomic mass is 10.2. The van der Waals surface area contributed by atoms with E-state index in [1.165, 1.54) is 6.33 Å². The van der Waals surface area contributed by atoms with Crippen LogP contribution in [0.2, 0.25) is 0 Å². The zero-order valence-corrected chi connectivity index (χ0v) is 8.10. The van der Waals surface area contributed by atoms with Crippen LogP contribution in [0.5, 0.6) is 0 Å². The highest BCUT2D eigenvalue weighted by Crippen LogP contribution is 2.17. The van der Waals surface area contributed by atoms with Gasteiger partial charge in [0.1, 0.15) is 17.7 Å². The van der Waals surface area contributed by atoms with E-state index in [1.807, 2.05) is 6.07 Å². The van der Waals surface area contributed by atoms with Gasteiger partial charge in [0.25, 0.3) is 5.91 Å². The summed E-state index contributed by atoms with van der Waals surface area (Å²) < 4.78 is 0. The molecule has 1 fully saturated rings. The summed E-state index contributed by atoms with van der Waals surface area (Å²) in [6.45, 7) is 1.68. The van der Waals surface area contributed by atoms with E-state index in [1.54, 1.807) is 11.1 Å². The van der Waals surface area contributed by atoms with E-state index in [4.69, 9.17) is 0 Å². The zero-order valence-electron chi connectivity index (χ0n) is 8.10. The summed E-state index contributed by atoms with van der Waals surface area (Å²) in [4.78, 5) is 24.8. The molecule has 0 aliphatic carbocycles. The molecule has 5 nitrogen and oxygen atoms in total. The largest absolute Gasteiger partial charge is 0.346 e. The highest BCUT2D eigenvalue weighted by molar-refractivity contribution is 6.03. The Bertz CT molecular complexity index is 515. The first-order valence-corrected chi connectivity index (χ1v) is 4.93. The van der Waals surface area contributed by atoms with Crippen molar-refractivity contribution in [1.29, 1.82) is 0 Å². The predicted molar refractivity (Wildman–Crippen MR) is 54.4 cm³/mol. The van der Waals surface area contributed by atoms with Crippen molar-refractivity contribution in [3.8, 4) is 0 Å². The quantitative estimate of drug-likeness (QED) is 0.744. The van der Waals surface area contributed by atoms with Crippen LogP contribution in [0.1, 0.15) is 16.9 Å². The average molecular weight is 202 g/mol. The third-order valence-electron chi connectivity index (χ3n) is 2.70. The summed E-state index contributed by atoms with van der Waals surface area (Å²) in [5.41, 5.74) is 1.22. The molecule has 0 atom stereocenters. The van der Waals surface area contributed by atoms with E-state index in [0.717, 1.165) is 24.9 Å². The Morgan fingerprint density at radius 3 is 3.00 bits per heavy atom. The molecule has 15 heavy (non-hydrogen) atoms. The lowest BCUT2D eigenvalue weighted by molar-refractivity contribution is 0.0648. The van der Waals surface area contributed by atoms with Crippen LogP contribution in [-0.4, -0.2) is 38.8 Å². The minimum atomic E-state index is 0.00764. The van der Waals surface area contributed by atoms with Crippen molar-refractivity contribution < 1.29 is 4.79 Å². The lowest BCUT2D eigenvalue weighted by Gasteiger charge is -2.30. The van der Waals surface area contributed by atoms with Gasteiger partial charge in [-0.15, -0.1) is 0 Å². The molecule has 3 rings (SSSR count). The average Bonchev–Trinajstić information content (AvgIpc) is 2.61. The van der Waals surface area contributed by atoms with Crippen molar-refractivity contribution in [3.05, 3.63) is 24.3 Å². The fourth-order valence-electron chi connectivity index (χ4n) is 1.71. The molecule has 1 amide bonds. The standard InChI is InChI=1S/C10H10N4O/c15-10(14-4-1-5-14)8-7-2-3-11-9(7)13-6-12-8/h2-3,6H,1,4-5H2,(H,11,12,13). The number of rotatable bonds is 1. The summed E-state index contributed by atoms with van der Waals surface area (Å²) in [6.07, 6.45) is 4.28. The number of carbonyl (C=O) groups is 1. The van der Waals surface area contributed by atoms with Gasteiger partial charge in [-0.05, 0) is 12.5 Å². The van der Waals surface area contributed by atoms with Crippen LogP contribution < -0.4 is 0 Å². The molecule has 1 aliphatic heterocycles. The van der Waals surface area contributed by atoms with Crippen molar-refractivity contribution in [1.82, 2.24) is 19.9 Å². The van der Waals surface area contributed by atoms with Crippen molar-refractivity contribution in [2.45, 2.75) is 6.42 Å². The Balaban J connectivity index is 2.09. The van der Waals surface area contributed by atoms with E-state index < -0.39 is 0 Å². The first-order chi connectivity index (χ1) is 7.36. The minimum absolute atomic E-state index is 0.00764. The van der Waals surface area contributed by atoms with Gasteiger partial charge in [0.2, 0.25) is 0 Å². The van der Waals surface area contributed by atoms with Crippen LogP contribution in [0.4, 0.5) is 0 Å². The predicted octanol–water partition coefficient (Wildman–Crippen LogP) is 0.804. The van der Waals surface area contributed by atoms with Crippen LogP contribution in [0.25, 0.3) is 11.0 Å². The van der Waals surface area contributed by atoms with E-state index in [9.17, 15) is 4.79 Å². The number of hydrogen-bond acceptors (Lipinski definition) is 3. The summed E-state index contributed by atoms with van der Waals surface area (Å²) >= 11 is 0. The number of carbonyl (C=O) groups excluding carboxylic acids is 1. The number of nitrogens with one attached hydrogen (secondary N) is 1. The van der Waals surface area contributed by atoms with Gasteiger partial charge >= 0.3 is 0 Å². The number of amides is 1. The molecule has 0 radical (unpaired) electrons. The van der Waals surface area contributed by atoms with Crippen molar-refractivity contribution in [2.24, 2.45) is 0 Å². The number of aromatic nitrogens is 3. The van der Waals surface area contributed by atoms with Crippen LogP contribution in [0, 0.1) is 0 Å². The smallest absolute Gasteiger partial charge is 0.273 e. The van der Waals surface area contributed by atoms with Gasteiger partial charge < -0.3 is 9.88 Å². The molecule has 2 aromatic heterocycles. The van der Waals surface area contributed by atoms with Gasteiger partial charge in [0.15, 0.2) is 0 Å². The molecule has 0 bridgehead atoms. The second-order valence-electron chi connectivity index (χ2n) is 3.61. The van der Waals surface area contributed by atoms with E-state index >= 15 is 0 Å². The number of fused-ring (bicyclic) bond motifs is 1. The second kappa shape index (κ2) is 3.05. The van der Waals surface area contributed by atoms with Crippen LogP contribution in [-0.2, 0) is 0 Å². The van der Waals surface area contributed by atoms with Crippen molar-refractivity contribution in [3.63, 3.8) is 0 Å². The first kappa shape index (κ1) is 8.40. The molecule has 0 spiro atoms. The maximum atomic E-state index is 12.0. The van der Waals surface area contributed by atoms with Gasteiger partial charge in [-0.3, -0.25) is 4.79 Å². The Kier molecular flexibility index (Phi) is 1.71. The van der Waals surface area contributed by atoms with Crippen molar-refractivity contribution >= 4 is 16.9 Å². The number of likely N-dealkylation sites (tertiary alicyclic amines) is 1. The highest BCUT2D eigenvalue weighted by Gasteiger charge is 2.24. The van der Waals surface area contributed by atoms with Gasteiger partial charge in [0, 0.05) is 19.3 Å². The molecular weight excluding hydrogens is 192 g/mol. The molecule has 3 heterocycles. The maximum Gasteiger partial charge on any atom is 0.273 e.